The van der Waals surface area contributed by atoms with E-state index >= 15 is 0 Å². The Kier molecular flexibility index (Phi) is 5.11. The second kappa shape index (κ2) is 8.83. The van der Waals surface area contributed by atoms with E-state index in [0.717, 1.165) is 6.42 Å². The zero-order valence-corrected chi connectivity index (χ0v) is 22.8. The molecule has 0 bridgehead atoms. The van der Waals surface area contributed by atoms with Crippen LogP contribution in [0.4, 0.5) is 0 Å². The molecule has 8 rings (SSSR count). The van der Waals surface area contributed by atoms with Crippen molar-refractivity contribution in [2.45, 2.75) is 6.42 Å². The lowest BCUT2D eigenvalue weighted by Crippen LogP contribution is -1.93. The molecule has 0 saturated heterocycles. The fraction of sp³-hybridized carbons (Fsp3) is 0.0270. The van der Waals surface area contributed by atoms with Gasteiger partial charge >= 0.3 is 0 Å². The molecular weight excluding hydrogens is 538 g/mol. The molecule has 0 N–H and O–H groups in total. The van der Waals surface area contributed by atoms with Crippen molar-refractivity contribution in [3.8, 4) is 39.1 Å². The Morgan fingerprint density at radius 1 is 0.462 bits per heavy atom. The van der Waals surface area contributed by atoms with Crippen molar-refractivity contribution < 1.29 is 0 Å². The first kappa shape index (κ1) is 22.6. The van der Waals surface area contributed by atoms with Crippen LogP contribution in [0, 0.1) is 0 Å². The fourth-order valence-corrected chi connectivity index (χ4v) is 6.83. The second-order valence-corrected chi connectivity index (χ2v) is 11.1. The van der Waals surface area contributed by atoms with Gasteiger partial charge in [-0.3, -0.25) is 0 Å². The van der Waals surface area contributed by atoms with E-state index in [1.54, 1.807) is 0 Å². The van der Waals surface area contributed by atoms with E-state index in [0.29, 0.717) is 0 Å². The Balaban J connectivity index is 1.38. The van der Waals surface area contributed by atoms with Gasteiger partial charge in [0.2, 0.25) is 0 Å². The van der Waals surface area contributed by atoms with Gasteiger partial charge in [0.25, 0.3) is 0 Å². The lowest BCUT2D eigenvalue weighted by Gasteiger charge is -2.11. The molecule has 0 amide bonds. The number of hydrogen-bond acceptors (Lipinski definition) is 0. The molecule has 0 aliphatic heterocycles. The summed E-state index contributed by atoms with van der Waals surface area (Å²) in [7, 11) is 0. The number of nitrogens with zero attached hydrogens (tertiary/aromatic N) is 1. The number of halogens is 1. The molecule has 1 nitrogen and oxygen atoms in total. The Labute approximate surface area is 236 Å². The Morgan fingerprint density at radius 3 is 1.79 bits per heavy atom. The van der Waals surface area contributed by atoms with E-state index in [4.69, 9.17) is 0 Å². The summed E-state index contributed by atoms with van der Waals surface area (Å²) in [6.07, 6.45) is 0.949. The highest BCUT2D eigenvalue weighted by atomic mass is 79.9. The van der Waals surface area contributed by atoms with Crippen molar-refractivity contribution >= 4 is 37.7 Å². The normalized spacial score (nSPS) is 12.1. The number of fused-ring (bicyclic) bond motifs is 6. The van der Waals surface area contributed by atoms with E-state index in [2.05, 4.69) is 154 Å². The lowest BCUT2D eigenvalue weighted by atomic mass is 9.94. The summed E-state index contributed by atoms with van der Waals surface area (Å²) in [5.74, 6) is 0. The summed E-state index contributed by atoms with van der Waals surface area (Å²) in [4.78, 5) is 0. The summed E-state index contributed by atoms with van der Waals surface area (Å²) < 4.78 is 3.59. The minimum Gasteiger partial charge on any atom is -0.309 e. The maximum atomic E-state index is 3.79. The predicted octanol–water partition coefficient (Wildman–Crippen LogP) is 10.5. The van der Waals surface area contributed by atoms with E-state index in [-0.39, 0.29) is 0 Å². The minimum atomic E-state index is 0.949. The monoisotopic (exact) mass is 561 g/mol. The fourth-order valence-electron chi connectivity index (χ4n) is 6.32. The van der Waals surface area contributed by atoms with E-state index in [1.165, 1.54) is 76.5 Å². The maximum Gasteiger partial charge on any atom is 0.0541 e. The molecule has 1 aliphatic carbocycles. The molecule has 2 heteroatoms. The first-order valence-electron chi connectivity index (χ1n) is 13.4. The predicted molar refractivity (Wildman–Crippen MR) is 168 cm³/mol. The molecule has 1 aromatic heterocycles. The van der Waals surface area contributed by atoms with Crippen molar-refractivity contribution in [1.29, 1.82) is 0 Å². The van der Waals surface area contributed by atoms with Gasteiger partial charge in [-0.15, -0.1) is 0 Å². The van der Waals surface area contributed by atoms with Gasteiger partial charge in [-0.25, -0.2) is 0 Å². The second-order valence-electron chi connectivity index (χ2n) is 10.3. The van der Waals surface area contributed by atoms with E-state index in [9.17, 15) is 0 Å². The largest absolute Gasteiger partial charge is 0.309 e. The van der Waals surface area contributed by atoms with E-state index in [1.807, 2.05) is 0 Å². The van der Waals surface area contributed by atoms with Crippen LogP contribution in [0.3, 0.4) is 0 Å². The highest BCUT2D eigenvalue weighted by molar-refractivity contribution is 9.10. The van der Waals surface area contributed by atoms with Crippen LogP contribution in [0.5, 0.6) is 0 Å². The molecule has 0 spiro atoms. The third-order valence-electron chi connectivity index (χ3n) is 8.14. The number of para-hydroxylation sites is 1. The van der Waals surface area contributed by atoms with Crippen LogP contribution in [-0.4, -0.2) is 4.57 Å². The minimum absolute atomic E-state index is 0.949. The molecule has 0 atom stereocenters. The van der Waals surface area contributed by atoms with Crippen molar-refractivity contribution in [2.24, 2.45) is 0 Å². The average Bonchev–Trinajstić information content (AvgIpc) is 3.54. The van der Waals surface area contributed by atoms with E-state index < -0.39 is 0 Å². The van der Waals surface area contributed by atoms with Crippen LogP contribution in [0.1, 0.15) is 11.1 Å². The van der Waals surface area contributed by atoms with Crippen molar-refractivity contribution in [3.05, 3.63) is 149 Å². The highest BCUT2D eigenvalue weighted by Gasteiger charge is 2.23. The number of rotatable bonds is 3. The van der Waals surface area contributed by atoms with Crippen LogP contribution in [0.15, 0.2) is 138 Å². The van der Waals surface area contributed by atoms with Gasteiger partial charge in [0, 0.05) is 27.4 Å². The molecule has 7 aromatic rings. The topological polar surface area (TPSA) is 4.93 Å². The van der Waals surface area contributed by atoms with Crippen molar-refractivity contribution in [2.75, 3.05) is 0 Å². The summed E-state index contributed by atoms with van der Waals surface area (Å²) in [5.41, 5.74) is 14.2. The van der Waals surface area contributed by atoms with Gasteiger partial charge in [0.05, 0.1) is 11.0 Å². The molecule has 0 saturated carbocycles. The number of aromatic nitrogens is 1. The number of hydrogen-bond donors (Lipinski definition) is 0. The standard InChI is InChI=1S/C37H24BrN/c38-35-16-8-15-30-29-14-7-13-28(31(29)23-32(30)35)26-18-20-37-34(22-26)33-21-25(24-9-3-1-4-10-24)17-19-36(33)39(37)27-11-5-2-6-12-27/h1-22H,23H2. The smallest absolute Gasteiger partial charge is 0.0541 e. The Morgan fingerprint density at radius 2 is 1.05 bits per heavy atom. The molecule has 1 heterocycles. The summed E-state index contributed by atoms with van der Waals surface area (Å²) in [6.45, 7) is 0. The molecule has 39 heavy (non-hydrogen) atoms. The molecule has 184 valence electrons. The SMILES string of the molecule is Brc1cccc2c1Cc1c(-c3ccc4c(c3)c3cc(-c5ccccc5)ccc3n4-c3ccccc3)cccc1-2. The molecule has 1 aliphatic rings. The van der Waals surface area contributed by atoms with Gasteiger partial charge < -0.3 is 4.57 Å². The first-order chi connectivity index (χ1) is 19.3. The zero-order valence-electron chi connectivity index (χ0n) is 21.2. The number of benzene rings is 6. The Hall–Kier alpha value is -4.40. The Bertz CT molecular complexity index is 2030. The van der Waals surface area contributed by atoms with Crippen LogP contribution in [0.2, 0.25) is 0 Å². The van der Waals surface area contributed by atoms with Crippen molar-refractivity contribution in [1.82, 2.24) is 4.57 Å². The quantitative estimate of drug-likeness (QED) is 0.202. The third kappa shape index (κ3) is 3.52. The maximum absolute atomic E-state index is 3.79. The third-order valence-corrected chi connectivity index (χ3v) is 8.88. The van der Waals surface area contributed by atoms with Gasteiger partial charge in [-0.05, 0) is 87.0 Å². The molecular formula is C37H24BrN. The average molecular weight is 563 g/mol. The summed E-state index contributed by atoms with van der Waals surface area (Å²) >= 11 is 3.79. The summed E-state index contributed by atoms with van der Waals surface area (Å²) in [6, 6.07) is 48.5. The molecule has 6 aromatic carbocycles. The lowest BCUT2D eigenvalue weighted by molar-refractivity contribution is 1.18. The van der Waals surface area contributed by atoms with Gasteiger partial charge in [0.1, 0.15) is 0 Å². The van der Waals surface area contributed by atoms with Crippen molar-refractivity contribution in [3.63, 3.8) is 0 Å². The molecule has 0 radical (unpaired) electrons. The van der Waals surface area contributed by atoms with Crippen LogP contribution < -0.4 is 0 Å². The van der Waals surface area contributed by atoms with Crippen LogP contribution in [-0.2, 0) is 6.42 Å². The zero-order chi connectivity index (χ0) is 25.9. The van der Waals surface area contributed by atoms with Gasteiger partial charge in [-0.1, -0.05) is 107 Å². The molecule has 0 fully saturated rings. The first-order valence-corrected chi connectivity index (χ1v) is 14.1. The highest BCUT2D eigenvalue weighted by Crippen LogP contribution is 2.45. The molecule has 0 unspecified atom stereocenters. The van der Waals surface area contributed by atoms with Crippen LogP contribution in [0.25, 0.3) is 60.9 Å². The van der Waals surface area contributed by atoms with Crippen LogP contribution >= 0.6 is 15.9 Å². The van der Waals surface area contributed by atoms with Gasteiger partial charge in [0.15, 0.2) is 0 Å². The van der Waals surface area contributed by atoms with Gasteiger partial charge in [-0.2, -0.15) is 0 Å². The summed E-state index contributed by atoms with van der Waals surface area (Å²) in [5, 5.41) is 2.55.